The Labute approximate surface area is 429 Å². The number of aryl methyl sites for hydroxylation is 1. The number of carbonyl (C=O) groups is 3. The Morgan fingerprint density at radius 1 is 0.806 bits per heavy atom. The molecule has 0 unspecified atom stereocenters. The Balaban J connectivity index is 1.23. The zero-order chi connectivity index (χ0) is 51.8. The van der Waals surface area contributed by atoms with Crippen LogP contribution in [0.15, 0.2) is 79.0 Å². The molecule has 1 atom stereocenters. The number of rotatable bonds is 12. The predicted molar refractivity (Wildman–Crippen MR) is 288 cm³/mol. The number of pyridine rings is 1. The van der Waals surface area contributed by atoms with E-state index in [0.29, 0.717) is 82.1 Å². The number of carbonyl (C=O) groups excluding carboxylic acids is 3. The zero-order valence-corrected chi connectivity index (χ0v) is 45.8. The van der Waals surface area contributed by atoms with Crippen molar-refractivity contribution in [2.24, 2.45) is 7.05 Å². The summed E-state index contributed by atoms with van der Waals surface area (Å²) in [5.74, 6) is 0.380. The molecule has 0 aliphatic carbocycles. The van der Waals surface area contributed by atoms with Gasteiger partial charge in [0.05, 0.1) is 28.7 Å². The van der Waals surface area contributed by atoms with E-state index in [4.69, 9.17) is 9.16 Å². The van der Waals surface area contributed by atoms with Gasteiger partial charge in [0.2, 0.25) is 0 Å². The van der Waals surface area contributed by atoms with Crippen LogP contribution in [0.5, 0.6) is 5.75 Å². The first-order valence-electron chi connectivity index (χ1n) is 26.1. The number of nitriles is 1. The molecule has 1 fully saturated rings. The van der Waals surface area contributed by atoms with Crippen LogP contribution in [0.3, 0.4) is 0 Å². The molecule has 3 aliphatic rings. The molecule has 0 radical (unpaired) electrons. The molecule has 2 aromatic heterocycles. The average Bonchev–Trinajstić information content (AvgIpc) is 3.64. The van der Waals surface area contributed by atoms with E-state index in [1.165, 1.54) is 12.0 Å². The van der Waals surface area contributed by atoms with Crippen molar-refractivity contribution in [3.8, 4) is 23.1 Å². The molecule has 0 bridgehead atoms. The van der Waals surface area contributed by atoms with Gasteiger partial charge in [-0.25, -0.2) is 4.79 Å². The standard InChI is InChI=1S/C59H75N7O5Si/c1-38(2)72(39(3)4,40(5)6)71-51-22-20-48(21-23-51)66(49-29-46(33-60)41(7)61-34-49)57(68)52-32-55(62(12)42(52)8)53-30-44-24-27-64(58(69)70-59(9,10)11)35-47(44)31-54(53)56(67)65-36-45-19-15-14-18-43(45)28-50(65)37-63-25-16-13-17-26-63/h14-15,18-23,29-32,34,38-40,50H,13,16-17,24-28,35-37H2,1-12H3/t50-/m0/s1. The maximum Gasteiger partial charge on any atom is 0.410 e. The van der Waals surface area contributed by atoms with Crippen LogP contribution in [-0.2, 0) is 37.7 Å². The summed E-state index contributed by atoms with van der Waals surface area (Å²) < 4.78 is 14.9. The van der Waals surface area contributed by atoms with Gasteiger partial charge in [0, 0.05) is 67.5 Å². The van der Waals surface area contributed by atoms with E-state index in [0.717, 1.165) is 72.6 Å². The van der Waals surface area contributed by atoms with E-state index in [1.807, 2.05) is 81.8 Å². The predicted octanol–water partition coefficient (Wildman–Crippen LogP) is 12.5. The summed E-state index contributed by atoms with van der Waals surface area (Å²) in [4.78, 5) is 57.3. The third-order valence-corrected chi connectivity index (χ3v) is 21.6. The maximum atomic E-state index is 15.8. The van der Waals surface area contributed by atoms with Crippen LogP contribution in [-0.4, -0.2) is 88.3 Å². The minimum absolute atomic E-state index is 0.0495. The molecule has 0 saturated carbocycles. The number of ether oxygens (including phenoxy) is 1. The van der Waals surface area contributed by atoms with Gasteiger partial charge in [0.25, 0.3) is 20.1 Å². The van der Waals surface area contributed by atoms with Crippen LogP contribution in [0.25, 0.3) is 11.3 Å². The highest BCUT2D eigenvalue weighted by Gasteiger charge is 2.47. The molecule has 1 saturated heterocycles. The first kappa shape index (κ1) is 52.1. The lowest BCUT2D eigenvalue weighted by Crippen LogP contribution is -2.51. The topological polar surface area (TPSA) is 124 Å². The van der Waals surface area contributed by atoms with Crippen LogP contribution >= 0.6 is 0 Å². The Kier molecular flexibility index (Phi) is 15.3. The molecule has 72 heavy (non-hydrogen) atoms. The molecule has 5 heterocycles. The van der Waals surface area contributed by atoms with Gasteiger partial charge in [-0.15, -0.1) is 0 Å². The Morgan fingerprint density at radius 3 is 2.11 bits per heavy atom. The highest BCUT2D eigenvalue weighted by molar-refractivity contribution is 6.78. The second kappa shape index (κ2) is 21.1. The van der Waals surface area contributed by atoms with Crippen LogP contribution in [0, 0.1) is 25.2 Å². The van der Waals surface area contributed by atoms with Crippen molar-refractivity contribution in [1.82, 2.24) is 24.3 Å². The molecular weight excluding hydrogens is 915 g/mol. The van der Waals surface area contributed by atoms with Crippen molar-refractivity contribution in [2.45, 2.75) is 150 Å². The lowest BCUT2D eigenvalue weighted by atomic mass is 9.89. The van der Waals surface area contributed by atoms with Gasteiger partial charge < -0.3 is 28.4 Å². The fourth-order valence-corrected chi connectivity index (χ4v) is 17.0. The molecule has 13 heteroatoms. The minimum Gasteiger partial charge on any atom is -0.543 e. The zero-order valence-electron chi connectivity index (χ0n) is 44.8. The summed E-state index contributed by atoms with van der Waals surface area (Å²) in [6.07, 6.45) is 6.13. The van der Waals surface area contributed by atoms with E-state index in [9.17, 15) is 10.1 Å². The summed E-state index contributed by atoms with van der Waals surface area (Å²) in [7, 11) is -0.330. The Hall–Kier alpha value is -6.23. The fourth-order valence-electron chi connectivity index (χ4n) is 11.7. The molecular formula is C59H75N7O5Si. The molecule has 8 rings (SSSR count). The average molecular weight is 990 g/mol. The van der Waals surface area contributed by atoms with Gasteiger partial charge in [-0.05, 0) is 161 Å². The van der Waals surface area contributed by atoms with Gasteiger partial charge >= 0.3 is 6.09 Å². The number of anilines is 2. The van der Waals surface area contributed by atoms with Gasteiger partial charge in [-0.3, -0.25) is 19.5 Å². The Bertz CT molecular complexity index is 2850. The molecule has 380 valence electrons. The number of hydrogen-bond acceptors (Lipinski definition) is 8. The van der Waals surface area contributed by atoms with E-state index in [1.54, 1.807) is 29.0 Å². The molecule has 0 N–H and O–H groups in total. The summed E-state index contributed by atoms with van der Waals surface area (Å²) in [5, 5.41) is 10.2. The van der Waals surface area contributed by atoms with Crippen molar-refractivity contribution < 1.29 is 23.5 Å². The van der Waals surface area contributed by atoms with Gasteiger partial charge in [-0.1, -0.05) is 72.2 Å². The molecule has 12 nitrogen and oxygen atoms in total. The summed E-state index contributed by atoms with van der Waals surface area (Å²) >= 11 is 0. The summed E-state index contributed by atoms with van der Waals surface area (Å²) in [6, 6.07) is 26.1. The number of benzene rings is 3. The quantitative estimate of drug-likeness (QED) is 0.113. The second-order valence-electron chi connectivity index (χ2n) is 22.3. The summed E-state index contributed by atoms with van der Waals surface area (Å²) in [6.45, 7) is 27.0. The fraction of sp³-hybridized carbons (Fsp3) is 0.475. The number of hydrogen-bond donors (Lipinski definition) is 0. The van der Waals surface area contributed by atoms with Gasteiger partial charge in [0.15, 0.2) is 0 Å². The van der Waals surface area contributed by atoms with Crippen molar-refractivity contribution in [1.29, 1.82) is 5.26 Å². The minimum atomic E-state index is -2.28. The molecule has 3 aliphatic heterocycles. The monoisotopic (exact) mass is 990 g/mol. The summed E-state index contributed by atoms with van der Waals surface area (Å²) in [5.41, 5.74) is 9.99. The molecule has 5 aromatic rings. The van der Waals surface area contributed by atoms with E-state index >= 15 is 9.59 Å². The van der Waals surface area contributed by atoms with Crippen molar-refractivity contribution >= 4 is 37.6 Å². The van der Waals surface area contributed by atoms with E-state index in [-0.39, 0.29) is 23.9 Å². The van der Waals surface area contributed by atoms with Crippen LogP contribution in [0.4, 0.5) is 16.2 Å². The largest absolute Gasteiger partial charge is 0.543 e. The van der Waals surface area contributed by atoms with E-state index in [2.05, 4.69) is 86.7 Å². The third kappa shape index (κ3) is 10.5. The second-order valence-corrected chi connectivity index (χ2v) is 27.7. The SMILES string of the molecule is Cc1ncc(N(C(=O)c2cc(-c3cc4c(cc3C(=O)N3Cc5ccccc5C[C@H]3CN3CCCCC3)CN(C(=O)OC(C)(C)C)CC4)n(C)c2C)c2ccc(O[Si](C(C)C)(C(C)C)C(C)C)cc2)cc1C#N. The first-order valence-corrected chi connectivity index (χ1v) is 28.3. The first-order chi connectivity index (χ1) is 34.2. The molecule has 3 aromatic carbocycles. The Morgan fingerprint density at radius 2 is 1.47 bits per heavy atom. The third-order valence-electron chi connectivity index (χ3n) is 15.6. The number of aromatic nitrogens is 2. The normalized spacial score (nSPS) is 16.4. The number of fused-ring (bicyclic) bond motifs is 2. The van der Waals surface area contributed by atoms with Gasteiger partial charge in [0.1, 0.15) is 17.4 Å². The number of amides is 3. The van der Waals surface area contributed by atoms with Crippen LogP contribution < -0.4 is 9.33 Å². The molecule has 3 amide bonds. The van der Waals surface area contributed by atoms with E-state index < -0.39 is 13.9 Å². The number of nitrogens with zero attached hydrogens (tertiary/aromatic N) is 7. The number of likely N-dealkylation sites (tertiary alicyclic amines) is 1. The molecule has 0 spiro atoms. The smallest absolute Gasteiger partial charge is 0.410 e. The highest BCUT2D eigenvalue weighted by Crippen LogP contribution is 2.44. The maximum absolute atomic E-state index is 15.8. The van der Waals surface area contributed by atoms with Crippen molar-refractivity contribution in [3.05, 3.63) is 129 Å². The highest BCUT2D eigenvalue weighted by atomic mass is 28.4. The lowest BCUT2D eigenvalue weighted by molar-refractivity contribution is 0.0224. The number of piperidine rings is 1. The van der Waals surface area contributed by atoms with Crippen LogP contribution in [0.1, 0.15) is 141 Å². The van der Waals surface area contributed by atoms with Gasteiger partial charge in [-0.2, -0.15) is 5.26 Å². The lowest BCUT2D eigenvalue weighted by Gasteiger charge is -2.42. The van der Waals surface area contributed by atoms with Crippen molar-refractivity contribution in [2.75, 3.05) is 31.1 Å². The van der Waals surface area contributed by atoms with Crippen LogP contribution in [0.2, 0.25) is 16.6 Å². The van der Waals surface area contributed by atoms with Crippen molar-refractivity contribution in [3.63, 3.8) is 0 Å².